The molecule has 4 nitrogen and oxygen atoms in total. The van der Waals surface area contributed by atoms with Crippen molar-refractivity contribution in [3.8, 4) is 0 Å². The summed E-state index contributed by atoms with van der Waals surface area (Å²) < 4.78 is 5.86. The second kappa shape index (κ2) is 4.56. The molecule has 2 atom stereocenters. The topological polar surface area (TPSA) is 37.5 Å². The van der Waals surface area contributed by atoms with Gasteiger partial charge in [0.2, 0.25) is 5.90 Å². The van der Waals surface area contributed by atoms with Gasteiger partial charge in [-0.05, 0) is 26.0 Å². The van der Waals surface area contributed by atoms with Gasteiger partial charge in [0.15, 0.2) is 0 Å². The number of aromatic nitrogens is 1. The molecule has 2 aromatic rings. The predicted octanol–water partition coefficient (Wildman–Crippen LogP) is 3.28. The first-order valence-electron chi connectivity index (χ1n) is 7.11. The second-order valence-electron chi connectivity index (χ2n) is 6.05. The molecule has 0 amide bonds. The molecule has 21 heavy (non-hydrogen) atoms. The Labute approximate surface area is 128 Å². The van der Waals surface area contributed by atoms with Crippen LogP contribution in [0.25, 0.3) is 0 Å². The summed E-state index contributed by atoms with van der Waals surface area (Å²) in [5.74, 6) is 0.851. The van der Waals surface area contributed by atoms with Gasteiger partial charge in [-0.2, -0.15) is 0 Å². The summed E-state index contributed by atoms with van der Waals surface area (Å²) in [6.07, 6.45) is 1.86. The summed E-state index contributed by atoms with van der Waals surface area (Å²) in [5.41, 5.74) is 1.08. The minimum atomic E-state index is -0.117. The van der Waals surface area contributed by atoms with Gasteiger partial charge in [-0.25, -0.2) is 9.98 Å². The fourth-order valence-corrected chi connectivity index (χ4v) is 3.57. The lowest BCUT2D eigenvalue weighted by Gasteiger charge is -2.07. The van der Waals surface area contributed by atoms with Gasteiger partial charge in [0, 0.05) is 17.3 Å². The van der Waals surface area contributed by atoms with Crippen LogP contribution in [0.5, 0.6) is 0 Å². The zero-order valence-electron chi connectivity index (χ0n) is 12.1. The summed E-state index contributed by atoms with van der Waals surface area (Å²) in [6.45, 7) is 4.87. The molecule has 0 N–H and O–H groups in total. The van der Waals surface area contributed by atoms with E-state index in [2.05, 4.69) is 48.0 Å². The van der Waals surface area contributed by atoms with E-state index in [0.29, 0.717) is 6.61 Å². The standard InChI is InChI=1S/C16H17N3OS/c1-16(2)10-20-14(18-16)12-13(15-17-8-9-21-15)19(12)11-6-4-3-5-7-11/h3-9,12-13H,10H2,1-2H3. The highest BCUT2D eigenvalue weighted by molar-refractivity contribution is 7.09. The summed E-state index contributed by atoms with van der Waals surface area (Å²) >= 11 is 1.69. The zero-order chi connectivity index (χ0) is 14.4. The number of aliphatic imine (C=N–C) groups is 1. The number of thiazole rings is 1. The number of nitrogens with zero attached hydrogens (tertiary/aromatic N) is 3. The summed E-state index contributed by atoms with van der Waals surface area (Å²) in [4.78, 5) is 11.6. The Morgan fingerprint density at radius 3 is 2.67 bits per heavy atom. The molecular formula is C16H17N3OS. The third-order valence-electron chi connectivity index (χ3n) is 3.81. The first-order valence-corrected chi connectivity index (χ1v) is 7.99. The average Bonchev–Trinajstić information content (AvgIpc) is 2.83. The van der Waals surface area contributed by atoms with Crippen molar-refractivity contribution in [3.05, 3.63) is 46.9 Å². The molecule has 0 bridgehead atoms. The van der Waals surface area contributed by atoms with Gasteiger partial charge >= 0.3 is 0 Å². The van der Waals surface area contributed by atoms with Crippen LogP contribution in [-0.4, -0.2) is 29.1 Å². The van der Waals surface area contributed by atoms with Gasteiger partial charge in [0.25, 0.3) is 0 Å². The number of anilines is 1. The van der Waals surface area contributed by atoms with Crippen molar-refractivity contribution in [1.29, 1.82) is 0 Å². The van der Waals surface area contributed by atoms with Crippen molar-refractivity contribution in [2.75, 3.05) is 11.5 Å². The fourth-order valence-electron chi connectivity index (χ4n) is 2.81. The van der Waals surface area contributed by atoms with Crippen LogP contribution in [0.4, 0.5) is 5.69 Å². The van der Waals surface area contributed by atoms with E-state index in [1.54, 1.807) is 11.3 Å². The summed E-state index contributed by atoms with van der Waals surface area (Å²) in [6, 6.07) is 10.8. The summed E-state index contributed by atoms with van der Waals surface area (Å²) in [7, 11) is 0. The Morgan fingerprint density at radius 2 is 2.05 bits per heavy atom. The lowest BCUT2D eigenvalue weighted by Crippen LogP contribution is -2.17. The number of benzene rings is 1. The highest BCUT2D eigenvalue weighted by Crippen LogP contribution is 2.49. The van der Waals surface area contributed by atoms with Crippen molar-refractivity contribution in [1.82, 2.24) is 4.98 Å². The van der Waals surface area contributed by atoms with Gasteiger partial charge < -0.3 is 9.64 Å². The Bertz CT molecular complexity index is 666. The van der Waals surface area contributed by atoms with E-state index < -0.39 is 0 Å². The molecule has 4 rings (SSSR count). The molecular weight excluding hydrogens is 282 g/mol. The maximum Gasteiger partial charge on any atom is 0.210 e. The third kappa shape index (κ3) is 2.21. The molecule has 108 valence electrons. The smallest absolute Gasteiger partial charge is 0.210 e. The van der Waals surface area contributed by atoms with Crippen molar-refractivity contribution in [2.24, 2.45) is 4.99 Å². The van der Waals surface area contributed by atoms with Crippen LogP contribution in [0.15, 0.2) is 46.9 Å². The van der Waals surface area contributed by atoms with Gasteiger partial charge in [-0.15, -0.1) is 11.3 Å². The van der Waals surface area contributed by atoms with Gasteiger partial charge in [0.1, 0.15) is 23.7 Å². The Hall–Kier alpha value is -1.88. The van der Waals surface area contributed by atoms with Crippen LogP contribution in [0.3, 0.4) is 0 Å². The van der Waals surface area contributed by atoms with E-state index in [1.807, 2.05) is 17.6 Å². The van der Waals surface area contributed by atoms with E-state index in [9.17, 15) is 0 Å². The quantitative estimate of drug-likeness (QED) is 0.816. The molecule has 0 saturated carbocycles. The van der Waals surface area contributed by atoms with Crippen LogP contribution in [0.2, 0.25) is 0 Å². The van der Waals surface area contributed by atoms with Gasteiger partial charge in [0.05, 0.1) is 5.54 Å². The Balaban J connectivity index is 1.69. The fraction of sp³-hybridized carbons (Fsp3) is 0.375. The van der Waals surface area contributed by atoms with E-state index >= 15 is 0 Å². The third-order valence-corrected chi connectivity index (χ3v) is 4.65. The van der Waals surface area contributed by atoms with Crippen molar-refractivity contribution in [3.63, 3.8) is 0 Å². The van der Waals surface area contributed by atoms with Crippen LogP contribution < -0.4 is 4.90 Å². The van der Waals surface area contributed by atoms with Crippen molar-refractivity contribution in [2.45, 2.75) is 31.5 Å². The Kier molecular flexibility index (Phi) is 2.79. The molecule has 1 aromatic heterocycles. The molecule has 5 heteroatoms. The maximum atomic E-state index is 5.86. The summed E-state index contributed by atoms with van der Waals surface area (Å²) in [5, 5.41) is 3.15. The molecule has 0 spiro atoms. The molecule has 0 radical (unpaired) electrons. The molecule has 1 aromatic carbocycles. The zero-order valence-corrected chi connectivity index (χ0v) is 12.9. The van der Waals surface area contributed by atoms with E-state index in [1.165, 1.54) is 5.69 Å². The largest absolute Gasteiger partial charge is 0.477 e. The van der Waals surface area contributed by atoms with E-state index in [-0.39, 0.29) is 17.6 Å². The number of rotatable bonds is 3. The maximum absolute atomic E-state index is 5.86. The van der Waals surface area contributed by atoms with E-state index in [4.69, 9.17) is 9.73 Å². The average molecular weight is 299 g/mol. The number of para-hydroxylation sites is 1. The lowest BCUT2D eigenvalue weighted by atomic mass is 10.1. The second-order valence-corrected chi connectivity index (χ2v) is 6.98. The molecule has 0 aliphatic carbocycles. The molecule has 3 heterocycles. The number of ether oxygens (including phenoxy) is 1. The van der Waals surface area contributed by atoms with Crippen molar-refractivity contribution >= 4 is 22.9 Å². The molecule has 1 fully saturated rings. The highest BCUT2D eigenvalue weighted by atomic mass is 32.1. The van der Waals surface area contributed by atoms with Crippen LogP contribution in [0, 0.1) is 0 Å². The van der Waals surface area contributed by atoms with Gasteiger partial charge in [-0.3, -0.25) is 0 Å². The molecule has 2 aliphatic rings. The monoisotopic (exact) mass is 299 g/mol. The predicted molar refractivity (Wildman–Crippen MR) is 85.0 cm³/mol. The number of hydrogen-bond acceptors (Lipinski definition) is 5. The minimum absolute atomic E-state index is 0.117. The minimum Gasteiger partial charge on any atom is -0.477 e. The van der Waals surface area contributed by atoms with E-state index in [0.717, 1.165) is 10.9 Å². The van der Waals surface area contributed by atoms with Crippen LogP contribution >= 0.6 is 11.3 Å². The highest BCUT2D eigenvalue weighted by Gasteiger charge is 2.56. The Morgan fingerprint density at radius 1 is 1.24 bits per heavy atom. The van der Waals surface area contributed by atoms with Crippen LogP contribution in [-0.2, 0) is 4.74 Å². The molecule has 2 unspecified atom stereocenters. The van der Waals surface area contributed by atoms with Crippen LogP contribution in [0.1, 0.15) is 24.9 Å². The normalized spacial score (nSPS) is 26.4. The molecule has 1 saturated heterocycles. The molecule has 2 aliphatic heterocycles. The lowest BCUT2D eigenvalue weighted by molar-refractivity contribution is 0.275. The SMILES string of the molecule is CC1(C)COC(C2C(c3nccs3)N2c2ccccc2)=N1. The first-order chi connectivity index (χ1) is 10.2. The van der Waals surface area contributed by atoms with Gasteiger partial charge in [-0.1, -0.05) is 18.2 Å². The van der Waals surface area contributed by atoms with Crippen molar-refractivity contribution < 1.29 is 4.74 Å². The first kappa shape index (κ1) is 12.8. The number of hydrogen-bond donors (Lipinski definition) is 0.